The van der Waals surface area contributed by atoms with Crippen LogP contribution in [0.2, 0.25) is 0 Å². The Morgan fingerprint density at radius 3 is 2.59 bits per heavy atom. The molecule has 8 nitrogen and oxygen atoms in total. The highest BCUT2D eigenvalue weighted by atomic mass is 32.2. The average molecular weight is 327 g/mol. The minimum absolute atomic E-state index is 0.0339. The van der Waals surface area contributed by atoms with E-state index in [1.807, 2.05) is 13.0 Å². The number of amides is 1. The molecule has 1 N–H and O–H groups in total. The Morgan fingerprint density at radius 1 is 1.45 bits per heavy atom. The first kappa shape index (κ1) is 16.4. The van der Waals surface area contributed by atoms with E-state index in [0.29, 0.717) is 13.1 Å². The largest absolute Gasteiger partial charge is 0.465 e. The predicted molar refractivity (Wildman–Crippen MR) is 78.4 cm³/mol. The highest BCUT2D eigenvalue weighted by Gasteiger charge is 2.23. The van der Waals surface area contributed by atoms with Gasteiger partial charge in [0, 0.05) is 31.0 Å². The van der Waals surface area contributed by atoms with Gasteiger partial charge in [0.1, 0.15) is 6.61 Å². The Bertz CT molecular complexity index is 684. The van der Waals surface area contributed by atoms with Crippen LogP contribution in [0.5, 0.6) is 0 Å². The van der Waals surface area contributed by atoms with Crippen molar-refractivity contribution in [3.8, 4) is 0 Å². The number of hydrogen-bond acceptors (Lipinski definition) is 6. The van der Waals surface area contributed by atoms with Gasteiger partial charge in [-0.1, -0.05) is 13.0 Å². The van der Waals surface area contributed by atoms with Crippen LogP contribution < -0.4 is 0 Å². The van der Waals surface area contributed by atoms with E-state index in [4.69, 9.17) is 5.11 Å². The third-order valence-electron chi connectivity index (χ3n) is 3.27. The molecule has 0 fully saturated rings. The van der Waals surface area contributed by atoms with Crippen molar-refractivity contribution < 1.29 is 22.5 Å². The van der Waals surface area contributed by atoms with Crippen molar-refractivity contribution in [1.29, 1.82) is 0 Å². The SMILES string of the molecule is CC1CN(C(=O)O)CC=C1c1cnc(COS(C)(=O)=O)nc1. The molecule has 0 bridgehead atoms. The van der Waals surface area contributed by atoms with Crippen molar-refractivity contribution in [2.75, 3.05) is 19.3 Å². The van der Waals surface area contributed by atoms with Crippen molar-refractivity contribution in [3.05, 3.63) is 29.9 Å². The quantitative estimate of drug-likeness (QED) is 0.820. The van der Waals surface area contributed by atoms with E-state index >= 15 is 0 Å². The van der Waals surface area contributed by atoms with Crippen LogP contribution in [0.25, 0.3) is 5.57 Å². The molecule has 120 valence electrons. The molecule has 1 amide bonds. The second-order valence-electron chi connectivity index (χ2n) is 5.10. The minimum atomic E-state index is -3.53. The molecule has 0 aliphatic carbocycles. The van der Waals surface area contributed by atoms with Crippen LogP contribution in [0.15, 0.2) is 18.5 Å². The van der Waals surface area contributed by atoms with Crippen molar-refractivity contribution >= 4 is 21.8 Å². The molecule has 1 aromatic rings. The first-order chi connectivity index (χ1) is 10.3. The molecule has 0 saturated carbocycles. The lowest BCUT2D eigenvalue weighted by Crippen LogP contribution is -2.37. The van der Waals surface area contributed by atoms with Gasteiger partial charge in [0.05, 0.1) is 6.26 Å². The lowest BCUT2D eigenvalue weighted by molar-refractivity contribution is 0.145. The maximum absolute atomic E-state index is 10.9. The molecule has 1 atom stereocenters. The van der Waals surface area contributed by atoms with E-state index in [0.717, 1.165) is 17.4 Å². The first-order valence-corrected chi connectivity index (χ1v) is 8.41. The van der Waals surface area contributed by atoms with Gasteiger partial charge in [-0.3, -0.25) is 4.18 Å². The van der Waals surface area contributed by atoms with Crippen molar-refractivity contribution in [2.24, 2.45) is 5.92 Å². The Balaban J connectivity index is 2.09. The zero-order valence-electron chi connectivity index (χ0n) is 12.3. The van der Waals surface area contributed by atoms with Gasteiger partial charge in [-0.05, 0) is 11.5 Å². The summed E-state index contributed by atoms with van der Waals surface area (Å²) < 4.78 is 26.4. The highest BCUT2D eigenvalue weighted by molar-refractivity contribution is 7.85. The van der Waals surface area contributed by atoms with Crippen LogP contribution in [0.1, 0.15) is 18.3 Å². The summed E-state index contributed by atoms with van der Waals surface area (Å²) in [6, 6.07) is 0. The molecular weight excluding hydrogens is 310 g/mol. The smallest absolute Gasteiger partial charge is 0.407 e. The van der Waals surface area contributed by atoms with Crippen LogP contribution >= 0.6 is 0 Å². The molecule has 9 heteroatoms. The van der Waals surface area contributed by atoms with Gasteiger partial charge >= 0.3 is 6.09 Å². The third kappa shape index (κ3) is 4.25. The monoisotopic (exact) mass is 327 g/mol. The average Bonchev–Trinajstić information content (AvgIpc) is 2.45. The van der Waals surface area contributed by atoms with Gasteiger partial charge in [0.2, 0.25) is 0 Å². The van der Waals surface area contributed by atoms with E-state index in [1.54, 1.807) is 12.4 Å². The molecule has 1 aromatic heterocycles. The van der Waals surface area contributed by atoms with E-state index < -0.39 is 16.2 Å². The summed E-state index contributed by atoms with van der Waals surface area (Å²) in [5.74, 6) is 0.303. The van der Waals surface area contributed by atoms with E-state index in [-0.39, 0.29) is 18.3 Å². The number of carboxylic acid groups (broad SMARTS) is 1. The molecule has 1 aliphatic rings. The van der Waals surface area contributed by atoms with Crippen molar-refractivity contribution in [1.82, 2.24) is 14.9 Å². The second-order valence-corrected chi connectivity index (χ2v) is 6.75. The predicted octanol–water partition coefficient (Wildman–Crippen LogP) is 0.966. The van der Waals surface area contributed by atoms with Crippen molar-refractivity contribution in [3.63, 3.8) is 0 Å². The molecule has 0 spiro atoms. The Hall–Kier alpha value is -2.00. The zero-order chi connectivity index (χ0) is 16.3. The summed E-state index contributed by atoms with van der Waals surface area (Å²) in [6.07, 6.45) is 5.05. The van der Waals surface area contributed by atoms with Crippen LogP contribution in [0.3, 0.4) is 0 Å². The normalized spacial score (nSPS) is 18.9. The lowest BCUT2D eigenvalue weighted by Gasteiger charge is -2.29. The molecule has 0 aromatic carbocycles. The second kappa shape index (κ2) is 6.41. The van der Waals surface area contributed by atoms with Gasteiger partial charge in [-0.2, -0.15) is 8.42 Å². The molecule has 2 heterocycles. The summed E-state index contributed by atoms with van der Waals surface area (Å²) in [7, 11) is -3.53. The fraction of sp³-hybridized carbons (Fsp3) is 0.462. The molecule has 0 saturated heterocycles. The van der Waals surface area contributed by atoms with Crippen LogP contribution in [0, 0.1) is 5.92 Å². The number of nitrogens with zero attached hydrogens (tertiary/aromatic N) is 3. The summed E-state index contributed by atoms with van der Waals surface area (Å²) in [6.45, 7) is 2.47. The fourth-order valence-corrected chi connectivity index (χ4v) is 2.53. The summed E-state index contributed by atoms with van der Waals surface area (Å²) in [5, 5.41) is 8.98. The minimum Gasteiger partial charge on any atom is -0.465 e. The lowest BCUT2D eigenvalue weighted by atomic mass is 9.92. The molecule has 2 rings (SSSR count). The Labute approximate surface area is 128 Å². The van der Waals surface area contributed by atoms with Crippen molar-refractivity contribution in [2.45, 2.75) is 13.5 Å². The molecule has 1 unspecified atom stereocenters. The Morgan fingerprint density at radius 2 is 2.09 bits per heavy atom. The first-order valence-electron chi connectivity index (χ1n) is 6.60. The topological polar surface area (TPSA) is 110 Å². The number of aromatic nitrogens is 2. The molecule has 22 heavy (non-hydrogen) atoms. The summed E-state index contributed by atoms with van der Waals surface area (Å²) in [5.41, 5.74) is 1.77. The standard InChI is InChI=1S/C13H17N3O5S/c1-9-7-16(13(17)18)4-3-11(9)10-5-14-12(15-6-10)8-21-22(2,19)20/h3,5-6,9H,4,7-8H2,1-2H3,(H,17,18). The van der Waals surface area contributed by atoms with E-state index in [9.17, 15) is 13.2 Å². The van der Waals surface area contributed by atoms with Crippen LogP contribution in [-0.2, 0) is 20.9 Å². The summed E-state index contributed by atoms with van der Waals surface area (Å²) in [4.78, 5) is 20.4. The number of carbonyl (C=O) groups is 1. The zero-order valence-corrected chi connectivity index (χ0v) is 13.1. The highest BCUT2D eigenvalue weighted by Crippen LogP contribution is 2.26. The van der Waals surface area contributed by atoms with Gasteiger partial charge in [-0.15, -0.1) is 0 Å². The van der Waals surface area contributed by atoms with Crippen LogP contribution in [0.4, 0.5) is 4.79 Å². The van der Waals surface area contributed by atoms with Crippen LogP contribution in [-0.4, -0.2) is 53.8 Å². The van der Waals surface area contributed by atoms with Gasteiger partial charge in [-0.25, -0.2) is 14.8 Å². The summed E-state index contributed by atoms with van der Waals surface area (Å²) >= 11 is 0. The van der Waals surface area contributed by atoms with Gasteiger partial charge in [0.15, 0.2) is 5.82 Å². The fourth-order valence-electron chi connectivity index (χ4n) is 2.21. The third-order valence-corrected chi connectivity index (χ3v) is 3.81. The molecule has 0 radical (unpaired) electrons. The van der Waals surface area contributed by atoms with Gasteiger partial charge < -0.3 is 10.0 Å². The maximum Gasteiger partial charge on any atom is 0.407 e. The van der Waals surface area contributed by atoms with Gasteiger partial charge in [0.25, 0.3) is 10.1 Å². The number of hydrogen-bond donors (Lipinski definition) is 1. The Kier molecular flexibility index (Phi) is 4.77. The maximum atomic E-state index is 10.9. The molecule has 1 aliphatic heterocycles. The van der Waals surface area contributed by atoms with E-state index in [1.165, 1.54) is 4.90 Å². The molecular formula is C13H17N3O5S. The number of rotatable bonds is 4. The van der Waals surface area contributed by atoms with E-state index in [2.05, 4.69) is 14.2 Å².